The van der Waals surface area contributed by atoms with Crippen molar-refractivity contribution in [2.45, 2.75) is 6.92 Å². The zero-order valence-electron chi connectivity index (χ0n) is 16.6. The molecule has 3 heterocycles. The lowest BCUT2D eigenvalue weighted by Crippen LogP contribution is -2.21. The van der Waals surface area contributed by atoms with E-state index in [1.165, 1.54) is 43.5 Å². The number of amides is 2. The molecule has 0 saturated carbocycles. The molecule has 0 spiro atoms. The van der Waals surface area contributed by atoms with Gasteiger partial charge in [0.2, 0.25) is 6.79 Å². The van der Waals surface area contributed by atoms with E-state index in [0.29, 0.717) is 16.5 Å². The average molecular weight is 456 g/mol. The first-order valence-corrected chi connectivity index (χ1v) is 10.1. The second-order valence-corrected chi connectivity index (χ2v) is 7.61. The maximum absolute atomic E-state index is 12.3. The lowest BCUT2D eigenvalue weighted by atomic mass is 10.1. The number of rotatable bonds is 7. The average Bonchev–Trinajstić information content (AvgIpc) is 3.52. The number of fused-ring (bicyclic) bond motifs is 1. The molecule has 3 aromatic rings. The highest BCUT2D eigenvalue weighted by Gasteiger charge is 2.21. The van der Waals surface area contributed by atoms with Gasteiger partial charge in [0.1, 0.15) is 4.88 Å². The standard InChI is InChI=1S/C21H16N2O8S/c1-11(24)12-7-15-16(31-10-30-15)8-13(12)22-18(25)9-29-21(27)17-4-5-19(32-17)23-20(26)14-3-2-6-28-14/h2-8H,9-10H2,1H3,(H,22,25)(H,23,26). The van der Waals surface area contributed by atoms with Crippen LogP contribution in [0.3, 0.4) is 0 Å². The number of esters is 1. The Bertz CT molecular complexity index is 1200. The molecule has 1 aromatic carbocycles. The second-order valence-electron chi connectivity index (χ2n) is 6.53. The predicted molar refractivity (Wildman–Crippen MR) is 112 cm³/mol. The van der Waals surface area contributed by atoms with Crippen molar-refractivity contribution >= 4 is 45.6 Å². The summed E-state index contributed by atoms with van der Waals surface area (Å²) in [6, 6.07) is 9.05. The van der Waals surface area contributed by atoms with E-state index in [9.17, 15) is 19.2 Å². The molecule has 2 N–H and O–H groups in total. The van der Waals surface area contributed by atoms with Gasteiger partial charge in [-0.1, -0.05) is 0 Å². The van der Waals surface area contributed by atoms with Crippen LogP contribution < -0.4 is 20.1 Å². The van der Waals surface area contributed by atoms with Gasteiger partial charge >= 0.3 is 5.97 Å². The molecule has 1 aliphatic heterocycles. The first-order valence-electron chi connectivity index (χ1n) is 9.27. The number of Topliss-reactive ketones (excluding diaryl/α,β-unsaturated/α-hetero) is 1. The Balaban J connectivity index is 1.34. The molecule has 10 nitrogen and oxygen atoms in total. The summed E-state index contributed by atoms with van der Waals surface area (Å²) in [7, 11) is 0. The number of ether oxygens (including phenoxy) is 3. The molecule has 32 heavy (non-hydrogen) atoms. The Morgan fingerprint density at radius 2 is 1.84 bits per heavy atom. The SMILES string of the molecule is CC(=O)c1cc2c(cc1NC(=O)COC(=O)c1ccc(NC(=O)c3ccco3)s1)OCO2. The molecule has 164 valence electrons. The Morgan fingerprint density at radius 3 is 2.56 bits per heavy atom. The number of carbonyl (C=O) groups excluding carboxylic acids is 4. The molecule has 0 atom stereocenters. The highest BCUT2D eigenvalue weighted by atomic mass is 32.1. The molecule has 1 aliphatic rings. The summed E-state index contributed by atoms with van der Waals surface area (Å²) in [5, 5.41) is 5.55. The number of anilines is 2. The van der Waals surface area contributed by atoms with Crippen molar-refractivity contribution < 1.29 is 37.8 Å². The molecule has 2 aromatic heterocycles. The number of hydrogen-bond donors (Lipinski definition) is 2. The van der Waals surface area contributed by atoms with E-state index in [4.69, 9.17) is 18.6 Å². The van der Waals surface area contributed by atoms with Gasteiger partial charge in [0.25, 0.3) is 11.8 Å². The van der Waals surface area contributed by atoms with E-state index in [0.717, 1.165) is 11.3 Å². The monoisotopic (exact) mass is 456 g/mol. The third-order valence-corrected chi connectivity index (χ3v) is 5.27. The third kappa shape index (κ3) is 4.62. The fourth-order valence-corrected chi connectivity index (χ4v) is 3.62. The number of benzene rings is 1. The van der Waals surface area contributed by atoms with Crippen LogP contribution in [-0.2, 0) is 9.53 Å². The quantitative estimate of drug-likeness (QED) is 0.409. The largest absolute Gasteiger partial charge is 0.459 e. The summed E-state index contributed by atoms with van der Waals surface area (Å²) >= 11 is 0.987. The molecule has 0 aliphatic carbocycles. The zero-order chi connectivity index (χ0) is 22.7. The summed E-state index contributed by atoms with van der Waals surface area (Å²) in [6.07, 6.45) is 1.38. The van der Waals surface area contributed by atoms with Crippen LogP contribution in [0.4, 0.5) is 10.7 Å². The lowest BCUT2D eigenvalue weighted by molar-refractivity contribution is -0.119. The first kappa shape index (κ1) is 21.1. The topological polar surface area (TPSA) is 133 Å². The van der Waals surface area contributed by atoms with Crippen molar-refractivity contribution in [3.8, 4) is 11.5 Å². The van der Waals surface area contributed by atoms with Crippen LogP contribution in [0.2, 0.25) is 0 Å². The second kappa shape index (κ2) is 8.94. The van der Waals surface area contributed by atoms with Gasteiger partial charge in [0, 0.05) is 11.6 Å². The Kier molecular flexibility index (Phi) is 5.90. The predicted octanol–water partition coefficient (Wildman–Crippen LogP) is 3.32. The lowest BCUT2D eigenvalue weighted by Gasteiger charge is -2.10. The summed E-state index contributed by atoms with van der Waals surface area (Å²) in [5.74, 6) is -1.17. The smallest absolute Gasteiger partial charge is 0.348 e. The molecule has 11 heteroatoms. The molecule has 0 radical (unpaired) electrons. The van der Waals surface area contributed by atoms with Gasteiger partial charge in [-0.25, -0.2) is 4.79 Å². The molecule has 2 amide bonds. The van der Waals surface area contributed by atoms with Crippen LogP contribution >= 0.6 is 11.3 Å². The number of thiophene rings is 1. The van der Waals surface area contributed by atoms with Crippen molar-refractivity contribution in [2.24, 2.45) is 0 Å². The minimum atomic E-state index is -0.735. The molecule has 0 unspecified atom stereocenters. The highest BCUT2D eigenvalue weighted by Crippen LogP contribution is 2.37. The van der Waals surface area contributed by atoms with Crippen molar-refractivity contribution in [1.82, 2.24) is 0 Å². The van der Waals surface area contributed by atoms with E-state index in [1.807, 2.05) is 0 Å². The number of hydrogen-bond acceptors (Lipinski definition) is 9. The Morgan fingerprint density at radius 1 is 1.06 bits per heavy atom. The first-order chi connectivity index (χ1) is 15.4. The molecular weight excluding hydrogens is 440 g/mol. The fraction of sp³-hybridized carbons (Fsp3) is 0.143. The maximum Gasteiger partial charge on any atom is 0.348 e. The van der Waals surface area contributed by atoms with Crippen molar-refractivity contribution in [1.29, 1.82) is 0 Å². The van der Waals surface area contributed by atoms with Gasteiger partial charge < -0.3 is 29.3 Å². The number of ketones is 1. The van der Waals surface area contributed by atoms with Crippen LogP contribution in [0.25, 0.3) is 0 Å². The van der Waals surface area contributed by atoms with Crippen LogP contribution in [0, 0.1) is 0 Å². The van der Waals surface area contributed by atoms with Crippen LogP contribution in [0.5, 0.6) is 11.5 Å². The van der Waals surface area contributed by atoms with Crippen LogP contribution in [-0.4, -0.2) is 37.0 Å². The number of furan rings is 1. The molecule has 4 rings (SSSR count). The summed E-state index contributed by atoms with van der Waals surface area (Å²) in [5.41, 5.74) is 0.464. The number of nitrogens with one attached hydrogen (secondary N) is 2. The van der Waals surface area contributed by atoms with Crippen molar-refractivity contribution in [3.63, 3.8) is 0 Å². The van der Waals surface area contributed by atoms with Gasteiger partial charge in [0.05, 0.1) is 17.0 Å². The van der Waals surface area contributed by atoms with E-state index < -0.39 is 24.4 Å². The normalized spacial score (nSPS) is 11.7. The van der Waals surface area contributed by atoms with E-state index >= 15 is 0 Å². The van der Waals surface area contributed by atoms with Gasteiger partial charge in [-0.05, 0) is 37.3 Å². The van der Waals surface area contributed by atoms with Crippen LogP contribution in [0.15, 0.2) is 47.1 Å². The van der Waals surface area contributed by atoms with Gasteiger partial charge in [-0.3, -0.25) is 14.4 Å². The molecule has 0 bridgehead atoms. The summed E-state index contributed by atoms with van der Waals surface area (Å²) in [4.78, 5) is 48.6. The van der Waals surface area contributed by atoms with Crippen molar-refractivity contribution in [2.75, 3.05) is 24.0 Å². The minimum Gasteiger partial charge on any atom is -0.459 e. The Hall–Kier alpha value is -4.12. The van der Waals surface area contributed by atoms with Crippen molar-refractivity contribution in [3.05, 3.63) is 58.9 Å². The van der Waals surface area contributed by atoms with Crippen LogP contribution in [0.1, 0.15) is 37.5 Å². The van der Waals surface area contributed by atoms with E-state index in [2.05, 4.69) is 10.6 Å². The van der Waals surface area contributed by atoms with Gasteiger partial charge in [-0.2, -0.15) is 0 Å². The highest BCUT2D eigenvalue weighted by molar-refractivity contribution is 7.18. The third-order valence-electron chi connectivity index (χ3n) is 4.29. The minimum absolute atomic E-state index is 0.0203. The van der Waals surface area contributed by atoms with E-state index in [1.54, 1.807) is 6.07 Å². The Labute approximate surface area is 185 Å². The molecule has 0 fully saturated rings. The van der Waals surface area contributed by atoms with Gasteiger partial charge in [-0.15, -0.1) is 11.3 Å². The van der Waals surface area contributed by atoms with Gasteiger partial charge in [0.15, 0.2) is 29.6 Å². The summed E-state index contributed by atoms with van der Waals surface area (Å²) < 4.78 is 20.5. The maximum atomic E-state index is 12.3. The molecular formula is C21H16N2O8S. The van der Waals surface area contributed by atoms with E-state index in [-0.39, 0.29) is 34.5 Å². The summed E-state index contributed by atoms with van der Waals surface area (Å²) in [6.45, 7) is 0.801. The molecule has 0 saturated heterocycles. The fourth-order valence-electron chi connectivity index (χ4n) is 2.82. The zero-order valence-corrected chi connectivity index (χ0v) is 17.4. The number of carbonyl (C=O) groups is 4.